The van der Waals surface area contributed by atoms with E-state index in [0.29, 0.717) is 0 Å². The summed E-state index contributed by atoms with van der Waals surface area (Å²) in [7, 11) is 0. The maximum absolute atomic E-state index is 3.93. The van der Waals surface area contributed by atoms with Gasteiger partial charge in [-0.15, -0.1) is 0 Å². The normalized spacial score (nSPS) is 8.00. The van der Waals surface area contributed by atoms with Gasteiger partial charge in [0.25, 0.3) is 0 Å². The van der Waals surface area contributed by atoms with E-state index in [1.165, 1.54) is 11.9 Å². The van der Waals surface area contributed by atoms with E-state index >= 15 is 0 Å². The summed E-state index contributed by atoms with van der Waals surface area (Å²) in [6, 6.07) is 18.1. The van der Waals surface area contributed by atoms with Crippen molar-refractivity contribution in [3.8, 4) is 11.1 Å². The predicted octanol–water partition coefficient (Wildman–Crippen LogP) is -1.94. The molecule has 6 heteroatoms. The van der Waals surface area contributed by atoms with Crippen LogP contribution < -0.4 is 24.8 Å². The summed E-state index contributed by atoms with van der Waals surface area (Å²) in [6.45, 7) is 4.62. The fourth-order valence-electron chi connectivity index (χ4n) is 1.34. The molecule has 0 radical (unpaired) electrons. The molecule has 0 saturated carbocycles. The third-order valence-corrected chi connectivity index (χ3v) is 2.11. The fourth-order valence-corrected chi connectivity index (χ4v) is 1.34. The van der Waals surface area contributed by atoms with Crippen LogP contribution >= 0.6 is 0 Å². The van der Waals surface area contributed by atoms with Crippen molar-refractivity contribution < 1.29 is 48.1 Å². The monoisotopic (exact) mass is 426 g/mol. The van der Waals surface area contributed by atoms with Gasteiger partial charge in [0.1, 0.15) is 6.33 Å². The van der Waals surface area contributed by atoms with E-state index in [1.54, 1.807) is 23.3 Å². The molecule has 0 atom stereocenters. The Kier molecular flexibility index (Phi) is 16.6. The molecule has 0 aliphatic carbocycles. The molecule has 0 bridgehead atoms. The molecule has 0 amide bonds. The first-order valence-electron chi connectivity index (χ1n) is 6.35. The quantitative estimate of drug-likeness (QED) is 0.333. The third-order valence-electron chi connectivity index (χ3n) is 2.11. The SMILES string of the molecule is C[Si](C)=[Zr+2].[Cl-].[Cl-].c1cc(-c2cncnc2)c[cH-]1.c1cc[cH-]c1. The van der Waals surface area contributed by atoms with Gasteiger partial charge in [0, 0.05) is 12.4 Å². The van der Waals surface area contributed by atoms with Crippen LogP contribution in [-0.4, -0.2) is 15.4 Å². The zero-order valence-corrected chi connectivity index (χ0v) is 17.5. The van der Waals surface area contributed by atoms with E-state index in [4.69, 9.17) is 0 Å². The largest absolute Gasteiger partial charge is 1.00 e. The third kappa shape index (κ3) is 12.0. The summed E-state index contributed by atoms with van der Waals surface area (Å²) in [4.78, 5) is 7.86. The molecule has 3 rings (SSSR count). The minimum atomic E-state index is 0. The second kappa shape index (κ2) is 15.4. The van der Waals surface area contributed by atoms with Crippen molar-refractivity contribution in [2.24, 2.45) is 0 Å². The topological polar surface area (TPSA) is 25.8 Å². The molecule has 1 aromatic heterocycles. The molecule has 0 saturated heterocycles. The van der Waals surface area contributed by atoms with Crippen molar-refractivity contribution in [2.45, 2.75) is 13.1 Å². The Bertz CT molecular complexity index is 548. The molecule has 2 aromatic carbocycles. The van der Waals surface area contributed by atoms with Crippen LogP contribution in [0, 0.1) is 0 Å². The number of nitrogens with zero attached hydrogens (tertiary/aromatic N) is 2. The second-order valence-electron chi connectivity index (χ2n) is 4.26. The van der Waals surface area contributed by atoms with Crippen LogP contribution in [0.2, 0.25) is 13.1 Å². The van der Waals surface area contributed by atoms with Gasteiger partial charge >= 0.3 is 41.9 Å². The summed E-state index contributed by atoms with van der Waals surface area (Å²) in [6.07, 6.45) is 5.15. The van der Waals surface area contributed by atoms with Crippen LogP contribution in [0.3, 0.4) is 0 Å². The minimum Gasteiger partial charge on any atom is -1.00 e. The fraction of sp³-hybridized carbons (Fsp3) is 0.125. The van der Waals surface area contributed by atoms with Crippen LogP contribution in [-0.2, 0) is 23.3 Å². The predicted molar refractivity (Wildman–Crippen MR) is 82.6 cm³/mol. The summed E-state index contributed by atoms with van der Waals surface area (Å²) >= 11 is 1.74. The van der Waals surface area contributed by atoms with Crippen LogP contribution in [0.1, 0.15) is 0 Å². The summed E-state index contributed by atoms with van der Waals surface area (Å²) in [5, 5.41) is 0. The molecule has 1 heterocycles. The van der Waals surface area contributed by atoms with E-state index in [2.05, 4.69) is 23.1 Å². The second-order valence-corrected chi connectivity index (χ2v) is 13.6. The average Bonchev–Trinajstić information content (AvgIpc) is 3.16. The molecule has 0 aliphatic heterocycles. The van der Waals surface area contributed by atoms with Crippen molar-refractivity contribution in [2.75, 3.05) is 0 Å². The van der Waals surface area contributed by atoms with Gasteiger partial charge in [0.2, 0.25) is 0 Å². The Morgan fingerprint density at radius 1 is 0.909 bits per heavy atom. The van der Waals surface area contributed by atoms with Gasteiger partial charge < -0.3 is 24.8 Å². The van der Waals surface area contributed by atoms with Gasteiger partial charge in [0.15, 0.2) is 0 Å². The number of halogens is 2. The first kappa shape index (κ1) is 23.7. The van der Waals surface area contributed by atoms with Crippen molar-refractivity contribution in [3.63, 3.8) is 0 Å². The zero-order chi connectivity index (χ0) is 14.6. The molecular formula is C16H18Cl2N2SiZr-2. The van der Waals surface area contributed by atoms with E-state index in [-0.39, 0.29) is 30.2 Å². The standard InChI is InChI=1S/C9H7N2.C5H5.C2H6Si.2ClH.Zr/c1-2-4-8(3-1)9-5-10-7-11-6-9;1-2-4-5-3-1;1-3-2;;;/h1-7H;1-5H;1-2H3;2*1H;/q2*-1;;;;+2/p-2. The molecule has 116 valence electrons. The van der Waals surface area contributed by atoms with E-state index in [0.717, 1.165) is 5.56 Å². The van der Waals surface area contributed by atoms with Crippen LogP contribution in [0.4, 0.5) is 0 Å². The van der Waals surface area contributed by atoms with Crippen molar-refractivity contribution in [3.05, 3.63) is 73.3 Å². The molecule has 2 nitrogen and oxygen atoms in total. The Labute approximate surface area is 160 Å². The van der Waals surface area contributed by atoms with Crippen LogP contribution in [0.25, 0.3) is 11.1 Å². The first-order valence-corrected chi connectivity index (χ1v) is 12.5. The van der Waals surface area contributed by atoms with Crippen molar-refractivity contribution in [1.82, 2.24) is 9.97 Å². The molecule has 0 fully saturated rings. The van der Waals surface area contributed by atoms with Crippen molar-refractivity contribution >= 4 is 5.43 Å². The maximum Gasteiger partial charge on any atom is 0.115 e. The number of aromatic nitrogens is 2. The van der Waals surface area contributed by atoms with E-state index in [1.807, 2.05) is 67.0 Å². The minimum absolute atomic E-state index is 0. The van der Waals surface area contributed by atoms with Gasteiger partial charge in [-0.2, -0.15) is 42.0 Å². The summed E-state index contributed by atoms with van der Waals surface area (Å²) in [5.74, 6) is 0. The first-order chi connectivity index (χ1) is 9.70. The van der Waals surface area contributed by atoms with Gasteiger partial charge in [-0.1, -0.05) is 0 Å². The molecular weight excluding hydrogens is 410 g/mol. The molecule has 22 heavy (non-hydrogen) atoms. The molecule has 3 aromatic rings. The average molecular weight is 429 g/mol. The Hall–Kier alpha value is -0.540. The van der Waals surface area contributed by atoms with Gasteiger partial charge in [-0.3, -0.25) is 0 Å². The Balaban J connectivity index is 0. The Morgan fingerprint density at radius 3 is 1.82 bits per heavy atom. The molecule has 0 aliphatic rings. The van der Waals surface area contributed by atoms with Gasteiger partial charge in [0.05, 0.1) is 0 Å². The van der Waals surface area contributed by atoms with Crippen molar-refractivity contribution in [1.29, 1.82) is 0 Å². The van der Waals surface area contributed by atoms with Crippen LogP contribution in [0.15, 0.2) is 73.3 Å². The summed E-state index contributed by atoms with van der Waals surface area (Å²) in [5.41, 5.74) is 2.45. The summed E-state index contributed by atoms with van der Waals surface area (Å²) < 4.78 is 0. The van der Waals surface area contributed by atoms with Gasteiger partial charge in [-0.05, 0) is 5.56 Å². The maximum atomic E-state index is 3.93. The van der Waals surface area contributed by atoms with E-state index < -0.39 is 0 Å². The van der Waals surface area contributed by atoms with Gasteiger partial charge in [-0.25, -0.2) is 28.2 Å². The number of rotatable bonds is 1. The molecule has 0 spiro atoms. The van der Waals surface area contributed by atoms with E-state index in [9.17, 15) is 0 Å². The molecule has 0 unspecified atom stereocenters. The Morgan fingerprint density at radius 2 is 1.45 bits per heavy atom. The van der Waals surface area contributed by atoms with Crippen LogP contribution in [0.5, 0.6) is 0 Å². The number of hydrogen-bond donors (Lipinski definition) is 0. The number of hydrogen-bond acceptors (Lipinski definition) is 2. The zero-order valence-electron chi connectivity index (χ0n) is 12.6. The molecule has 0 N–H and O–H groups in total. The smallest absolute Gasteiger partial charge is 0.115 e.